The molecule has 1 aliphatic rings. The molecule has 0 aliphatic heterocycles. The molecule has 25 heavy (non-hydrogen) atoms. The van der Waals surface area contributed by atoms with Crippen LogP contribution in [0.15, 0.2) is 36.7 Å². The maximum atomic E-state index is 12.2. The Bertz CT molecular complexity index is 674. The average molecular weight is 459 g/mol. The van der Waals surface area contributed by atoms with Crippen LogP contribution in [0.4, 0.5) is 14.7 Å². The number of anilines is 1. The second-order valence-corrected chi connectivity index (χ2v) is 7.06. The molecule has 0 atom stereocenters. The highest BCUT2D eigenvalue weighted by molar-refractivity contribution is 14.1. The fourth-order valence-electron chi connectivity index (χ4n) is 3.13. The van der Waals surface area contributed by atoms with Crippen molar-refractivity contribution in [3.05, 3.63) is 36.7 Å². The Morgan fingerprint density at radius 1 is 1.04 bits per heavy atom. The molecule has 1 aromatic carbocycles. The Balaban J connectivity index is 1.69. The molecule has 134 valence electrons. The Morgan fingerprint density at radius 2 is 1.68 bits per heavy atom. The van der Waals surface area contributed by atoms with Crippen molar-refractivity contribution >= 4 is 28.5 Å². The third kappa shape index (κ3) is 4.77. The van der Waals surface area contributed by atoms with E-state index in [-0.39, 0.29) is 11.3 Å². The highest BCUT2D eigenvalue weighted by Gasteiger charge is 2.31. The van der Waals surface area contributed by atoms with Gasteiger partial charge < -0.3 is 10.1 Å². The van der Waals surface area contributed by atoms with Crippen LogP contribution in [0.25, 0.3) is 11.1 Å². The van der Waals surface area contributed by atoms with Gasteiger partial charge in [-0.1, -0.05) is 54.0 Å². The molecule has 1 aromatic heterocycles. The maximum absolute atomic E-state index is 12.2. The Morgan fingerprint density at radius 3 is 2.24 bits per heavy atom. The zero-order valence-corrected chi connectivity index (χ0v) is 15.9. The highest BCUT2D eigenvalue weighted by Crippen LogP contribution is 2.32. The number of benzene rings is 1. The minimum absolute atomic E-state index is 0.0919. The van der Waals surface area contributed by atoms with Gasteiger partial charge in [0.1, 0.15) is 5.75 Å². The van der Waals surface area contributed by atoms with Gasteiger partial charge in [0.2, 0.25) is 5.95 Å². The lowest BCUT2D eigenvalue weighted by atomic mass is 9.83. The Labute approximate surface area is 159 Å². The number of hydrogen-bond acceptors (Lipinski definition) is 4. The van der Waals surface area contributed by atoms with E-state index in [2.05, 4.69) is 42.6 Å². The van der Waals surface area contributed by atoms with E-state index in [1.165, 1.54) is 31.4 Å². The summed E-state index contributed by atoms with van der Waals surface area (Å²) >= 11 is 2.43. The molecular weight excluding hydrogens is 439 g/mol. The molecule has 1 saturated carbocycles. The van der Waals surface area contributed by atoms with E-state index in [0.717, 1.165) is 28.4 Å². The summed E-state index contributed by atoms with van der Waals surface area (Å²) in [5.41, 5.74) is 1.78. The first-order chi connectivity index (χ1) is 12.1. The van der Waals surface area contributed by atoms with E-state index in [0.29, 0.717) is 5.95 Å². The Kier molecular flexibility index (Phi) is 6.03. The van der Waals surface area contributed by atoms with Gasteiger partial charge in [-0.25, -0.2) is 9.97 Å². The summed E-state index contributed by atoms with van der Waals surface area (Å²) in [5.74, 6) is 0.777. The molecule has 1 N–H and O–H groups in total. The van der Waals surface area contributed by atoms with Gasteiger partial charge in [-0.15, -0.1) is 0 Å². The summed E-state index contributed by atoms with van der Waals surface area (Å²) in [6, 6.07) is 6.47. The van der Waals surface area contributed by atoms with Crippen LogP contribution in [0.1, 0.15) is 32.1 Å². The fourth-order valence-corrected chi connectivity index (χ4v) is 4.08. The third-order valence-electron chi connectivity index (χ3n) is 4.51. The lowest BCUT2D eigenvalue weighted by molar-refractivity contribution is -0.0498. The molecule has 0 radical (unpaired) electrons. The first-order valence-electron chi connectivity index (χ1n) is 8.32. The number of alkyl halides is 3. The van der Waals surface area contributed by atoms with Crippen LogP contribution in [0.5, 0.6) is 5.75 Å². The molecule has 0 spiro atoms. The normalized spacial score (nSPS) is 16.6. The van der Waals surface area contributed by atoms with Crippen LogP contribution in [0.3, 0.4) is 0 Å². The van der Waals surface area contributed by atoms with Crippen LogP contribution in [0.2, 0.25) is 0 Å². The summed E-state index contributed by atoms with van der Waals surface area (Å²) in [4.78, 5) is 8.87. The molecule has 0 bridgehead atoms. The molecular formula is C18H20F2IN3O. The minimum Gasteiger partial charge on any atom is -0.435 e. The van der Waals surface area contributed by atoms with Gasteiger partial charge in [0.05, 0.1) is 0 Å². The van der Waals surface area contributed by atoms with E-state index in [4.69, 9.17) is 0 Å². The molecule has 3 rings (SSSR count). The number of ether oxygens (including phenoxy) is 1. The van der Waals surface area contributed by atoms with Crippen LogP contribution in [0, 0.1) is 0 Å². The highest BCUT2D eigenvalue weighted by atomic mass is 127. The van der Waals surface area contributed by atoms with Crippen molar-refractivity contribution in [2.75, 3.05) is 9.74 Å². The van der Waals surface area contributed by atoms with E-state index in [1.807, 2.05) is 0 Å². The fraction of sp³-hybridized carbons (Fsp3) is 0.444. The molecule has 7 heteroatoms. The zero-order valence-electron chi connectivity index (χ0n) is 13.7. The molecule has 0 amide bonds. The zero-order chi connectivity index (χ0) is 17.7. The number of nitrogens with zero attached hydrogens (tertiary/aromatic N) is 2. The summed E-state index contributed by atoms with van der Waals surface area (Å²) in [6.07, 6.45) is 9.57. The van der Waals surface area contributed by atoms with Crippen molar-refractivity contribution in [1.82, 2.24) is 9.97 Å². The summed E-state index contributed by atoms with van der Waals surface area (Å²) in [5, 5.41) is 3.52. The lowest BCUT2D eigenvalue weighted by Gasteiger charge is -2.36. The second kappa shape index (κ2) is 8.25. The van der Waals surface area contributed by atoms with Crippen molar-refractivity contribution in [3.8, 4) is 16.9 Å². The van der Waals surface area contributed by atoms with Gasteiger partial charge in [-0.3, -0.25) is 0 Å². The first-order valence-corrected chi connectivity index (χ1v) is 9.84. The number of aromatic nitrogens is 2. The van der Waals surface area contributed by atoms with E-state index in [1.54, 1.807) is 24.5 Å². The molecule has 1 heterocycles. The topological polar surface area (TPSA) is 47.0 Å². The number of rotatable bonds is 6. The average Bonchev–Trinajstić information content (AvgIpc) is 2.63. The largest absolute Gasteiger partial charge is 0.435 e. The lowest BCUT2D eigenvalue weighted by Crippen LogP contribution is -2.42. The molecule has 1 aliphatic carbocycles. The Hall–Kier alpha value is -1.51. The molecule has 0 saturated heterocycles. The maximum Gasteiger partial charge on any atom is 0.387 e. The number of halogens is 3. The van der Waals surface area contributed by atoms with Gasteiger partial charge in [-0.2, -0.15) is 8.78 Å². The number of hydrogen-bond donors (Lipinski definition) is 1. The molecule has 1 fully saturated rings. The smallest absolute Gasteiger partial charge is 0.387 e. The van der Waals surface area contributed by atoms with Crippen molar-refractivity contribution in [3.63, 3.8) is 0 Å². The SMILES string of the molecule is FC(F)Oc1ccc(-c2cnc(NC3(CI)CCCCC3)nc2)cc1. The standard InChI is InChI=1S/C18H20F2IN3O/c19-16(20)25-15-6-4-13(5-7-15)14-10-22-17(23-11-14)24-18(12-21)8-2-1-3-9-18/h4-7,10-11,16H,1-3,8-9,12H2,(H,22,23,24). The van der Waals surface area contributed by atoms with E-state index in [9.17, 15) is 8.78 Å². The molecule has 0 unspecified atom stereocenters. The van der Waals surface area contributed by atoms with Crippen LogP contribution < -0.4 is 10.1 Å². The van der Waals surface area contributed by atoms with Gasteiger partial charge in [-0.05, 0) is 30.5 Å². The van der Waals surface area contributed by atoms with Crippen LogP contribution >= 0.6 is 22.6 Å². The van der Waals surface area contributed by atoms with Gasteiger partial charge >= 0.3 is 6.61 Å². The van der Waals surface area contributed by atoms with Gasteiger partial charge in [0.25, 0.3) is 0 Å². The van der Waals surface area contributed by atoms with E-state index < -0.39 is 6.61 Å². The van der Waals surface area contributed by atoms with Gasteiger partial charge in [0.15, 0.2) is 0 Å². The first kappa shape index (κ1) is 18.3. The summed E-state index contributed by atoms with van der Waals surface area (Å²) < 4.78 is 29.8. The van der Waals surface area contributed by atoms with Crippen molar-refractivity contribution < 1.29 is 13.5 Å². The van der Waals surface area contributed by atoms with Crippen molar-refractivity contribution in [1.29, 1.82) is 0 Å². The predicted molar refractivity (Wildman–Crippen MR) is 102 cm³/mol. The van der Waals surface area contributed by atoms with Gasteiger partial charge in [0, 0.05) is 27.9 Å². The quantitative estimate of drug-likeness (QED) is 0.471. The molecule has 4 nitrogen and oxygen atoms in total. The summed E-state index contributed by atoms with van der Waals surface area (Å²) in [7, 11) is 0. The predicted octanol–water partition coefficient (Wildman–Crippen LogP) is 5.29. The molecule has 2 aromatic rings. The number of nitrogens with one attached hydrogen (secondary N) is 1. The minimum atomic E-state index is -2.82. The second-order valence-electron chi connectivity index (χ2n) is 6.30. The van der Waals surface area contributed by atoms with Crippen molar-refractivity contribution in [2.24, 2.45) is 0 Å². The third-order valence-corrected chi connectivity index (χ3v) is 5.97. The van der Waals surface area contributed by atoms with Crippen molar-refractivity contribution in [2.45, 2.75) is 44.3 Å². The van der Waals surface area contributed by atoms with Crippen LogP contribution in [-0.4, -0.2) is 26.5 Å². The monoisotopic (exact) mass is 459 g/mol. The van der Waals surface area contributed by atoms with Crippen LogP contribution in [-0.2, 0) is 0 Å². The van der Waals surface area contributed by atoms with E-state index >= 15 is 0 Å². The summed E-state index contributed by atoms with van der Waals surface area (Å²) in [6.45, 7) is -2.82.